The lowest BCUT2D eigenvalue weighted by atomic mass is 10.1. The summed E-state index contributed by atoms with van der Waals surface area (Å²) in [7, 11) is 0. The lowest BCUT2D eigenvalue weighted by Gasteiger charge is -2.27. The molecule has 1 aromatic rings. The monoisotopic (exact) mass is 358 g/mol. The molecule has 2 amide bonds. The molecule has 1 atom stereocenters. The maximum absolute atomic E-state index is 12.5. The van der Waals surface area contributed by atoms with Crippen molar-refractivity contribution in [1.29, 1.82) is 0 Å². The molecule has 1 aromatic carbocycles. The Bertz CT molecular complexity index is 628. The van der Waals surface area contributed by atoms with E-state index in [0.717, 1.165) is 56.8 Å². The Morgan fingerprint density at radius 3 is 2.81 bits per heavy atom. The summed E-state index contributed by atoms with van der Waals surface area (Å²) in [5.74, 6) is -0.186. The normalized spacial score (nSPS) is 21.2. The average Bonchev–Trinajstić information content (AvgIpc) is 3.07. The smallest absolute Gasteiger partial charge is 0.227 e. The van der Waals surface area contributed by atoms with Crippen LogP contribution in [0.15, 0.2) is 24.3 Å². The Kier molecular flexibility index (Phi) is 6.63. The zero-order valence-corrected chi connectivity index (χ0v) is 15.7. The zero-order valence-electron chi connectivity index (χ0n) is 15.7. The van der Waals surface area contributed by atoms with Gasteiger partial charge in [0.2, 0.25) is 11.8 Å². The molecule has 0 spiro atoms. The molecule has 26 heavy (non-hydrogen) atoms. The number of piperazine rings is 1. The van der Waals surface area contributed by atoms with Crippen LogP contribution < -0.4 is 15.5 Å². The summed E-state index contributed by atoms with van der Waals surface area (Å²) in [6, 6.07) is 7.97. The van der Waals surface area contributed by atoms with Gasteiger partial charge in [0.1, 0.15) is 0 Å². The number of aryl methyl sites for hydroxylation is 1. The highest BCUT2D eigenvalue weighted by molar-refractivity contribution is 6.00. The van der Waals surface area contributed by atoms with Gasteiger partial charge in [-0.15, -0.1) is 0 Å². The number of nitrogens with one attached hydrogen (secondary N) is 2. The molecule has 3 rings (SSSR count). The van der Waals surface area contributed by atoms with Crippen LogP contribution in [0.2, 0.25) is 0 Å². The number of benzene rings is 1. The Morgan fingerprint density at radius 1 is 1.27 bits per heavy atom. The van der Waals surface area contributed by atoms with Gasteiger partial charge in [-0.2, -0.15) is 0 Å². The van der Waals surface area contributed by atoms with E-state index in [2.05, 4.69) is 22.5 Å². The van der Waals surface area contributed by atoms with Crippen molar-refractivity contribution in [3.8, 4) is 0 Å². The van der Waals surface area contributed by atoms with E-state index in [0.29, 0.717) is 19.5 Å². The first kappa shape index (κ1) is 18.9. The van der Waals surface area contributed by atoms with Gasteiger partial charge in [0.05, 0.1) is 5.92 Å². The molecule has 6 heteroatoms. The number of para-hydroxylation sites is 1. The van der Waals surface area contributed by atoms with Gasteiger partial charge in [-0.3, -0.25) is 9.59 Å². The lowest BCUT2D eigenvalue weighted by molar-refractivity contribution is -0.126. The zero-order chi connectivity index (χ0) is 18.4. The summed E-state index contributed by atoms with van der Waals surface area (Å²) in [6.45, 7) is 8.52. The fraction of sp³-hybridized carbons (Fsp3) is 0.600. The predicted octanol–water partition coefficient (Wildman–Crippen LogP) is 1.01. The summed E-state index contributed by atoms with van der Waals surface area (Å²) >= 11 is 0. The Hall–Kier alpha value is -1.92. The number of amides is 2. The molecule has 0 bridgehead atoms. The van der Waals surface area contributed by atoms with Crippen molar-refractivity contribution < 1.29 is 9.59 Å². The number of carbonyl (C=O) groups is 2. The minimum absolute atomic E-state index is 0.00939. The molecule has 2 fully saturated rings. The SMILES string of the molecule is CCc1ccccc1N1CC(C(=O)NCCCN2CCNCC2)CC1=O. The average molecular weight is 358 g/mol. The van der Waals surface area contributed by atoms with E-state index in [1.165, 1.54) is 0 Å². The molecule has 0 aromatic heterocycles. The molecule has 142 valence electrons. The van der Waals surface area contributed by atoms with Gasteiger partial charge in [0.25, 0.3) is 0 Å². The highest BCUT2D eigenvalue weighted by atomic mass is 16.2. The van der Waals surface area contributed by atoms with Crippen LogP contribution in [0.4, 0.5) is 5.69 Å². The van der Waals surface area contributed by atoms with Gasteiger partial charge in [-0.25, -0.2) is 0 Å². The molecule has 0 radical (unpaired) electrons. The molecule has 2 N–H and O–H groups in total. The highest BCUT2D eigenvalue weighted by Crippen LogP contribution is 2.28. The predicted molar refractivity (Wildman–Crippen MR) is 103 cm³/mol. The van der Waals surface area contributed by atoms with E-state index in [1.54, 1.807) is 4.90 Å². The van der Waals surface area contributed by atoms with Crippen LogP contribution in [0.1, 0.15) is 25.3 Å². The molecule has 2 saturated heterocycles. The second-order valence-corrected chi connectivity index (χ2v) is 7.12. The van der Waals surface area contributed by atoms with Gasteiger partial charge in [-0.05, 0) is 31.0 Å². The summed E-state index contributed by atoms with van der Waals surface area (Å²) < 4.78 is 0. The van der Waals surface area contributed by atoms with Crippen molar-refractivity contribution in [2.24, 2.45) is 5.92 Å². The van der Waals surface area contributed by atoms with Crippen LogP contribution >= 0.6 is 0 Å². The lowest BCUT2D eigenvalue weighted by Crippen LogP contribution is -2.44. The first-order valence-corrected chi connectivity index (χ1v) is 9.78. The topological polar surface area (TPSA) is 64.7 Å². The van der Waals surface area contributed by atoms with Crippen molar-refractivity contribution in [3.63, 3.8) is 0 Å². The highest BCUT2D eigenvalue weighted by Gasteiger charge is 2.35. The fourth-order valence-electron chi connectivity index (χ4n) is 3.78. The summed E-state index contributed by atoms with van der Waals surface area (Å²) in [6.07, 6.45) is 2.14. The van der Waals surface area contributed by atoms with E-state index in [1.807, 2.05) is 24.3 Å². The molecule has 1 unspecified atom stereocenters. The van der Waals surface area contributed by atoms with Crippen LogP contribution in [0.3, 0.4) is 0 Å². The van der Waals surface area contributed by atoms with Crippen molar-refractivity contribution in [1.82, 2.24) is 15.5 Å². The standard InChI is InChI=1S/C20H30N4O2/c1-2-16-6-3-4-7-18(16)24-15-17(14-19(24)25)20(26)22-8-5-11-23-12-9-21-10-13-23/h3-4,6-7,17,21H,2,5,8-15H2,1H3,(H,22,26). The molecule has 0 saturated carbocycles. The molecule has 6 nitrogen and oxygen atoms in total. The van der Waals surface area contributed by atoms with Crippen LogP contribution in [-0.2, 0) is 16.0 Å². The van der Waals surface area contributed by atoms with E-state index in [9.17, 15) is 9.59 Å². The van der Waals surface area contributed by atoms with Crippen LogP contribution in [0.25, 0.3) is 0 Å². The van der Waals surface area contributed by atoms with Crippen molar-refractivity contribution in [2.45, 2.75) is 26.2 Å². The van der Waals surface area contributed by atoms with Crippen molar-refractivity contribution in [2.75, 3.05) is 50.7 Å². The number of nitrogens with zero attached hydrogens (tertiary/aromatic N) is 2. The van der Waals surface area contributed by atoms with Gasteiger partial charge >= 0.3 is 0 Å². The minimum atomic E-state index is -0.244. The van der Waals surface area contributed by atoms with E-state index in [-0.39, 0.29) is 17.7 Å². The Balaban J connectivity index is 1.46. The van der Waals surface area contributed by atoms with Gasteiger partial charge in [0, 0.05) is 51.4 Å². The third kappa shape index (κ3) is 4.62. The van der Waals surface area contributed by atoms with Gasteiger partial charge in [0.15, 0.2) is 0 Å². The van der Waals surface area contributed by atoms with Crippen LogP contribution in [0.5, 0.6) is 0 Å². The van der Waals surface area contributed by atoms with Crippen molar-refractivity contribution >= 4 is 17.5 Å². The summed E-state index contributed by atoms with van der Waals surface area (Å²) in [5, 5.41) is 6.37. The molecular formula is C20H30N4O2. The number of anilines is 1. The molecule has 2 heterocycles. The molecule has 2 aliphatic rings. The number of hydrogen-bond acceptors (Lipinski definition) is 4. The number of carbonyl (C=O) groups excluding carboxylic acids is 2. The third-order valence-electron chi connectivity index (χ3n) is 5.32. The second kappa shape index (κ2) is 9.14. The molecule has 0 aliphatic carbocycles. The molecular weight excluding hydrogens is 328 g/mol. The second-order valence-electron chi connectivity index (χ2n) is 7.12. The number of hydrogen-bond donors (Lipinski definition) is 2. The summed E-state index contributed by atoms with van der Waals surface area (Å²) in [4.78, 5) is 29.1. The first-order valence-electron chi connectivity index (χ1n) is 9.78. The maximum atomic E-state index is 12.5. The number of rotatable bonds is 7. The third-order valence-corrected chi connectivity index (χ3v) is 5.32. The van der Waals surface area contributed by atoms with E-state index in [4.69, 9.17) is 0 Å². The fourth-order valence-corrected chi connectivity index (χ4v) is 3.78. The Labute approximate surface area is 155 Å². The van der Waals surface area contributed by atoms with Gasteiger partial charge in [-0.1, -0.05) is 25.1 Å². The van der Waals surface area contributed by atoms with Crippen LogP contribution in [0, 0.1) is 5.92 Å². The summed E-state index contributed by atoms with van der Waals surface area (Å²) in [5.41, 5.74) is 2.10. The Morgan fingerprint density at radius 2 is 2.04 bits per heavy atom. The maximum Gasteiger partial charge on any atom is 0.227 e. The van der Waals surface area contributed by atoms with Crippen LogP contribution in [-0.4, -0.2) is 62.5 Å². The van der Waals surface area contributed by atoms with E-state index >= 15 is 0 Å². The first-order chi connectivity index (χ1) is 12.7. The quantitative estimate of drug-likeness (QED) is 0.714. The largest absolute Gasteiger partial charge is 0.356 e. The molecule has 2 aliphatic heterocycles. The van der Waals surface area contributed by atoms with Gasteiger partial charge < -0.3 is 20.4 Å². The van der Waals surface area contributed by atoms with Crippen molar-refractivity contribution in [3.05, 3.63) is 29.8 Å². The minimum Gasteiger partial charge on any atom is -0.356 e. The van der Waals surface area contributed by atoms with E-state index < -0.39 is 0 Å².